The average Bonchev–Trinajstić information content (AvgIpc) is 3.78. The lowest BCUT2D eigenvalue weighted by Crippen LogP contribution is -2.51. The molecule has 62 heavy (non-hydrogen) atoms. The number of H-pyrrole nitrogens is 2. The number of methoxy groups -OCH3 is 2. The van der Waals surface area contributed by atoms with Crippen LogP contribution < -0.4 is 10.6 Å². The van der Waals surface area contributed by atoms with E-state index in [0.717, 1.165) is 69.5 Å². The van der Waals surface area contributed by atoms with Crippen molar-refractivity contribution in [3.05, 3.63) is 84.7 Å². The zero-order valence-corrected chi connectivity index (χ0v) is 35.9. The van der Waals surface area contributed by atoms with E-state index in [4.69, 9.17) is 14.5 Å². The number of rotatable bonds is 11. The van der Waals surface area contributed by atoms with E-state index in [9.17, 15) is 24.4 Å². The molecule has 4 amide bonds. The minimum Gasteiger partial charge on any atom is -0.453 e. The summed E-state index contributed by atoms with van der Waals surface area (Å²) < 4.78 is 9.58. The van der Waals surface area contributed by atoms with Crippen LogP contribution in [0.5, 0.6) is 0 Å². The van der Waals surface area contributed by atoms with Crippen LogP contribution in [0.4, 0.5) is 9.59 Å². The van der Waals surface area contributed by atoms with Crippen molar-refractivity contribution in [1.82, 2.24) is 40.4 Å². The Kier molecular flexibility index (Phi) is 11.5. The Bertz CT molecular complexity index is 2530. The van der Waals surface area contributed by atoms with E-state index in [2.05, 4.69) is 86.3 Å². The third-order valence-corrected chi connectivity index (χ3v) is 12.8. The molecule has 1 aliphatic carbocycles. The molecule has 15 heteroatoms. The molecule has 15 nitrogen and oxygen atoms in total. The lowest BCUT2D eigenvalue weighted by molar-refractivity contribution is -0.136. The molecule has 1 saturated carbocycles. The van der Waals surface area contributed by atoms with E-state index in [-0.39, 0.29) is 47.6 Å². The van der Waals surface area contributed by atoms with Crippen LogP contribution in [0.15, 0.2) is 73.1 Å². The maximum Gasteiger partial charge on any atom is 0.407 e. The maximum atomic E-state index is 13.9. The lowest BCUT2D eigenvalue weighted by Gasteiger charge is -2.30. The normalized spacial score (nSPS) is 20.0. The van der Waals surface area contributed by atoms with E-state index in [1.807, 2.05) is 44.9 Å². The summed E-state index contributed by atoms with van der Waals surface area (Å²) in [6.07, 6.45) is 5.70. The Morgan fingerprint density at radius 2 is 1.23 bits per heavy atom. The molecule has 2 aromatic heterocycles. The van der Waals surface area contributed by atoms with Crippen molar-refractivity contribution in [1.29, 1.82) is 5.26 Å². The number of amides is 4. The van der Waals surface area contributed by atoms with Crippen molar-refractivity contribution >= 4 is 34.8 Å². The predicted octanol–water partition coefficient (Wildman–Crippen LogP) is 7.51. The molecule has 4 N–H and O–H groups in total. The molecular formula is C47H53N9O6. The molecule has 2 aliphatic heterocycles. The van der Waals surface area contributed by atoms with Gasteiger partial charge in [-0.3, -0.25) is 9.59 Å². The van der Waals surface area contributed by atoms with Crippen LogP contribution in [-0.4, -0.2) is 93.1 Å². The Morgan fingerprint density at radius 3 is 1.77 bits per heavy atom. The van der Waals surface area contributed by atoms with Crippen molar-refractivity contribution in [2.75, 3.05) is 27.3 Å². The highest BCUT2D eigenvalue weighted by molar-refractivity contribution is 5.91. The number of nitrogens with zero attached hydrogens (tertiary/aromatic N) is 5. The number of aromatic amines is 2. The number of carbonyl (C=O) groups is 4. The van der Waals surface area contributed by atoms with Gasteiger partial charge in [-0.25, -0.2) is 19.6 Å². The first-order valence-electron chi connectivity index (χ1n) is 21.2. The van der Waals surface area contributed by atoms with Gasteiger partial charge in [0.05, 0.1) is 62.1 Å². The zero-order chi connectivity index (χ0) is 43.9. The number of alkyl carbamates (subject to hydrolysis) is 2. The van der Waals surface area contributed by atoms with Gasteiger partial charge in [-0.05, 0) is 82.5 Å². The van der Waals surface area contributed by atoms with Gasteiger partial charge in [0.2, 0.25) is 11.8 Å². The number of benzene rings is 3. The highest BCUT2D eigenvalue weighted by Crippen LogP contribution is 2.58. The second-order valence-corrected chi connectivity index (χ2v) is 17.7. The number of nitriles is 1. The molecule has 1 spiro atoms. The second-order valence-electron chi connectivity index (χ2n) is 17.7. The van der Waals surface area contributed by atoms with Crippen molar-refractivity contribution < 1.29 is 28.7 Å². The topological polar surface area (TPSA) is 198 Å². The highest BCUT2D eigenvalue weighted by Gasteiger charge is 2.55. The van der Waals surface area contributed by atoms with E-state index in [1.54, 1.807) is 11.1 Å². The molecule has 3 aromatic carbocycles. The van der Waals surface area contributed by atoms with Crippen molar-refractivity contribution in [2.24, 2.45) is 23.2 Å². The summed E-state index contributed by atoms with van der Waals surface area (Å²) in [7, 11) is 2.56. The Balaban J connectivity index is 0.962. The highest BCUT2D eigenvalue weighted by atomic mass is 16.5. The third-order valence-electron chi connectivity index (χ3n) is 12.8. The SMILES string of the molecule is COC(=O)NC(C(=O)N1C[C@@H](C#N)C[C@H]1c1ncc(-c2ccc3cc(-c4ccc(-c5cnc([C@@H]6CC7(CC7)CN6C(=O)[C@@H](NC(=O)OC)C(C)C)[nH]5)cc4)ccc3c2)[nH]1)C(C)C. The summed E-state index contributed by atoms with van der Waals surface area (Å²) in [4.78, 5) is 71.7. The van der Waals surface area contributed by atoms with Gasteiger partial charge in [0.15, 0.2) is 0 Å². The lowest BCUT2D eigenvalue weighted by atomic mass is 9.98. The average molecular weight is 840 g/mol. The van der Waals surface area contributed by atoms with Gasteiger partial charge in [0, 0.05) is 18.7 Å². The summed E-state index contributed by atoms with van der Waals surface area (Å²) in [6, 6.07) is 21.1. The number of imidazole rings is 2. The zero-order valence-electron chi connectivity index (χ0n) is 35.9. The number of aromatic nitrogens is 4. The van der Waals surface area contributed by atoms with E-state index < -0.39 is 30.3 Å². The fourth-order valence-electron chi connectivity index (χ4n) is 9.00. The van der Waals surface area contributed by atoms with Gasteiger partial charge in [-0.1, -0.05) is 76.2 Å². The van der Waals surface area contributed by atoms with E-state index in [1.165, 1.54) is 14.2 Å². The molecule has 5 atom stereocenters. The Labute approximate surface area is 360 Å². The van der Waals surface area contributed by atoms with Crippen LogP contribution in [-0.2, 0) is 19.1 Å². The molecule has 0 radical (unpaired) electrons. The smallest absolute Gasteiger partial charge is 0.407 e. The summed E-state index contributed by atoms with van der Waals surface area (Å²) in [5.41, 5.74) is 5.81. The third kappa shape index (κ3) is 8.33. The minimum atomic E-state index is -0.809. The van der Waals surface area contributed by atoms with Crippen molar-refractivity contribution in [3.63, 3.8) is 0 Å². The van der Waals surface area contributed by atoms with Crippen LogP contribution in [0.1, 0.15) is 77.1 Å². The van der Waals surface area contributed by atoms with Crippen LogP contribution in [0.3, 0.4) is 0 Å². The van der Waals surface area contributed by atoms with E-state index >= 15 is 0 Å². The fourth-order valence-corrected chi connectivity index (χ4v) is 9.00. The first-order chi connectivity index (χ1) is 29.8. The summed E-state index contributed by atoms with van der Waals surface area (Å²) in [6.45, 7) is 8.43. The van der Waals surface area contributed by atoms with Crippen LogP contribution in [0.2, 0.25) is 0 Å². The molecule has 2 saturated heterocycles. The van der Waals surface area contributed by atoms with E-state index in [0.29, 0.717) is 18.8 Å². The Morgan fingerprint density at radius 1 is 0.726 bits per heavy atom. The number of nitrogens with one attached hydrogen (secondary N) is 4. The number of likely N-dealkylation sites (tertiary alicyclic amines) is 2. The van der Waals surface area contributed by atoms with Crippen molar-refractivity contribution in [2.45, 2.75) is 77.5 Å². The Hall–Kier alpha value is -6.69. The first-order valence-corrected chi connectivity index (χ1v) is 21.2. The van der Waals surface area contributed by atoms with Gasteiger partial charge in [0.25, 0.3) is 0 Å². The number of hydrogen-bond acceptors (Lipinski definition) is 9. The fraction of sp³-hybridized carbons (Fsp3) is 0.426. The predicted molar refractivity (Wildman–Crippen MR) is 232 cm³/mol. The standard InChI is InChI=1S/C47H53N9O6/c1-26(2)39(53-45(59)61-5)43(57)55-24-28(21-48)17-37(55)41-49-23-36(52-41)34-14-13-32-18-31(11-12-33(32)19-34)29-7-9-30(10-8-29)35-22-50-42(51-35)38-20-47(15-16-47)25-56(38)44(58)40(27(3)4)54-46(60)62-6/h7-14,18-19,22-23,26-28,37-40H,15-17,20,24-25H2,1-6H3,(H,49,52)(H,50,51)(H,53,59)(H,54,60)/t28-,37+,38+,39?,40+/m1/s1. The van der Waals surface area contributed by atoms with Crippen LogP contribution >= 0.6 is 0 Å². The number of ether oxygens (including phenoxy) is 2. The first kappa shape index (κ1) is 42.0. The maximum absolute atomic E-state index is 13.9. The molecule has 5 aromatic rings. The largest absolute Gasteiger partial charge is 0.453 e. The number of fused-ring (bicyclic) bond motifs is 1. The summed E-state index contributed by atoms with van der Waals surface area (Å²) in [5.74, 6) is 0.262. The molecule has 3 fully saturated rings. The summed E-state index contributed by atoms with van der Waals surface area (Å²) in [5, 5.41) is 17.3. The molecular weight excluding hydrogens is 787 g/mol. The molecule has 1 unspecified atom stereocenters. The van der Waals surface area contributed by atoms with Gasteiger partial charge in [-0.2, -0.15) is 5.26 Å². The summed E-state index contributed by atoms with van der Waals surface area (Å²) >= 11 is 0. The van der Waals surface area contributed by atoms with Gasteiger partial charge in [-0.15, -0.1) is 0 Å². The molecule has 0 bridgehead atoms. The number of hydrogen-bond donors (Lipinski definition) is 4. The van der Waals surface area contributed by atoms with Crippen molar-refractivity contribution in [3.8, 4) is 39.7 Å². The quantitative estimate of drug-likeness (QED) is 0.104. The van der Waals surface area contributed by atoms with Gasteiger partial charge in [0.1, 0.15) is 23.7 Å². The monoisotopic (exact) mass is 839 g/mol. The minimum absolute atomic E-state index is 0.112. The molecule has 8 rings (SSSR count). The van der Waals surface area contributed by atoms with Gasteiger partial charge >= 0.3 is 12.2 Å². The van der Waals surface area contributed by atoms with Crippen LogP contribution in [0, 0.1) is 34.5 Å². The molecule has 4 heterocycles. The van der Waals surface area contributed by atoms with Crippen LogP contribution in [0.25, 0.3) is 44.4 Å². The molecule has 3 aliphatic rings. The second kappa shape index (κ2) is 17.0. The molecule has 322 valence electrons. The van der Waals surface area contributed by atoms with Gasteiger partial charge < -0.3 is 39.9 Å². The number of carbonyl (C=O) groups excluding carboxylic acids is 4.